The van der Waals surface area contributed by atoms with E-state index in [-0.39, 0.29) is 17.8 Å². The molecular formula is C24H21FN2O4. The number of alkyl carbamates (subject to hydrolysis) is 1. The maximum atomic E-state index is 14.2. The molecule has 2 fully saturated rings. The molecule has 158 valence electrons. The zero-order valence-corrected chi connectivity index (χ0v) is 16.7. The average Bonchev–Trinajstić information content (AvgIpc) is 3.34. The van der Waals surface area contributed by atoms with Crippen molar-refractivity contribution >= 4 is 22.8 Å². The number of benzene rings is 2. The van der Waals surface area contributed by atoms with Gasteiger partial charge in [-0.1, -0.05) is 43.2 Å². The highest BCUT2D eigenvalue weighted by atomic mass is 19.1. The van der Waals surface area contributed by atoms with E-state index in [1.807, 2.05) is 24.3 Å². The van der Waals surface area contributed by atoms with E-state index in [1.165, 1.54) is 6.07 Å². The molecule has 1 aliphatic carbocycles. The van der Waals surface area contributed by atoms with Crippen molar-refractivity contribution in [1.82, 2.24) is 10.3 Å². The number of ether oxygens (including phenoxy) is 1. The first-order valence-corrected chi connectivity index (χ1v) is 10.4. The van der Waals surface area contributed by atoms with Crippen LogP contribution in [0.1, 0.15) is 37.7 Å². The predicted molar refractivity (Wildman–Crippen MR) is 113 cm³/mol. The van der Waals surface area contributed by atoms with Crippen LogP contribution in [-0.4, -0.2) is 23.1 Å². The monoisotopic (exact) mass is 420 g/mol. The van der Waals surface area contributed by atoms with E-state index in [2.05, 4.69) is 10.3 Å². The van der Waals surface area contributed by atoms with Gasteiger partial charge in [0.05, 0.1) is 0 Å². The van der Waals surface area contributed by atoms with Gasteiger partial charge in [-0.3, -0.25) is 14.9 Å². The molecule has 1 saturated carbocycles. The van der Waals surface area contributed by atoms with Gasteiger partial charge >= 0.3 is 6.09 Å². The van der Waals surface area contributed by atoms with E-state index in [0.717, 1.165) is 31.1 Å². The molecular weight excluding hydrogens is 399 g/mol. The lowest BCUT2D eigenvalue weighted by atomic mass is 9.75. The van der Waals surface area contributed by atoms with Crippen LogP contribution in [0.25, 0.3) is 22.0 Å². The topological polar surface area (TPSA) is 88.3 Å². The minimum atomic E-state index is -0.881. The molecule has 2 aliphatic rings. The molecule has 0 radical (unpaired) electrons. The Bertz CT molecular complexity index is 1260. The lowest BCUT2D eigenvalue weighted by molar-refractivity contribution is -0.124. The van der Waals surface area contributed by atoms with Crippen LogP contribution in [0.15, 0.2) is 53.3 Å². The highest BCUT2D eigenvalue weighted by Crippen LogP contribution is 2.44. The number of H-pyrrole nitrogens is 1. The summed E-state index contributed by atoms with van der Waals surface area (Å²) in [4.78, 5) is 39.5. The zero-order chi connectivity index (χ0) is 21.6. The van der Waals surface area contributed by atoms with E-state index in [9.17, 15) is 18.8 Å². The lowest BCUT2D eigenvalue weighted by Gasteiger charge is -2.30. The fourth-order valence-corrected chi connectivity index (χ4v) is 4.98. The van der Waals surface area contributed by atoms with Gasteiger partial charge in [-0.05, 0) is 42.0 Å². The van der Waals surface area contributed by atoms with Crippen LogP contribution in [0.4, 0.5) is 9.18 Å². The Morgan fingerprint density at radius 3 is 2.55 bits per heavy atom. The molecule has 5 rings (SSSR count). The number of carbonyl (C=O) groups is 2. The third kappa shape index (κ3) is 3.40. The van der Waals surface area contributed by atoms with Gasteiger partial charge in [-0.15, -0.1) is 0 Å². The summed E-state index contributed by atoms with van der Waals surface area (Å²) in [6.45, 7) is 0. The maximum absolute atomic E-state index is 14.2. The summed E-state index contributed by atoms with van der Waals surface area (Å²) in [5.41, 5.74) is 1.14. The van der Waals surface area contributed by atoms with Gasteiger partial charge in [0.1, 0.15) is 5.82 Å². The number of hydrogen-bond donors (Lipinski definition) is 2. The van der Waals surface area contributed by atoms with E-state index in [1.54, 1.807) is 18.2 Å². The molecule has 7 heteroatoms. The predicted octanol–water partition coefficient (Wildman–Crippen LogP) is 4.17. The maximum Gasteiger partial charge on any atom is 0.414 e. The van der Waals surface area contributed by atoms with Crippen molar-refractivity contribution in [3.63, 3.8) is 0 Å². The summed E-state index contributed by atoms with van der Waals surface area (Å²) >= 11 is 0. The van der Waals surface area contributed by atoms with Gasteiger partial charge < -0.3 is 9.72 Å². The minimum absolute atomic E-state index is 0.238. The van der Waals surface area contributed by atoms with Crippen LogP contribution in [0.5, 0.6) is 0 Å². The number of carbonyl (C=O) groups excluding carboxylic acids is 2. The number of hydrogen-bond acceptors (Lipinski definition) is 4. The molecule has 2 heterocycles. The van der Waals surface area contributed by atoms with Crippen molar-refractivity contribution < 1.29 is 18.7 Å². The van der Waals surface area contributed by atoms with E-state index in [0.29, 0.717) is 22.2 Å². The largest absolute Gasteiger partial charge is 0.436 e. The Morgan fingerprint density at radius 1 is 1.03 bits per heavy atom. The summed E-state index contributed by atoms with van der Waals surface area (Å²) in [7, 11) is 0. The Hall–Kier alpha value is -3.48. The molecule has 1 saturated heterocycles. The fraction of sp³-hybridized carbons (Fsp3) is 0.292. The van der Waals surface area contributed by atoms with Crippen LogP contribution in [0.3, 0.4) is 0 Å². The Balaban J connectivity index is 1.51. The number of rotatable bonds is 4. The van der Waals surface area contributed by atoms with E-state index >= 15 is 0 Å². The smallest absolute Gasteiger partial charge is 0.414 e. The fourth-order valence-electron chi connectivity index (χ4n) is 4.98. The van der Waals surface area contributed by atoms with Crippen molar-refractivity contribution in [3.05, 3.63) is 70.3 Å². The number of cyclic esters (lactones) is 1. The molecule has 2 aromatic carbocycles. The molecule has 1 atom stereocenters. The van der Waals surface area contributed by atoms with Crippen LogP contribution in [0, 0.1) is 5.82 Å². The lowest BCUT2D eigenvalue weighted by Crippen LogP contribution is -2.37. The van der Waals surface area contributed by atoms with Crippen molar-refractivity contribution in [3.8, 4) is 11.3 Å². The molecule has 3 aromatic rings. The number of halogens is 1. The quantitative estimate of drug-likeness (QED) is 0.663. The Kier molecular flexibility index (Phi) is 4.61. The van der Waals surface area contributed by atoms with E-state index in [4.69, 9.17) is 4.74 Å². The third-order valence-corrected chi connectivity index (χ3v) is 6.52. The van der Waals surface area contributed by atoms with Crippen LogP contribution in [-0.2, 0) is 14.9 Å². The molecule has 1 aliphatic heterocycles. The number of aromatic amines is 1. The van der Waals surface area contributed by atoms with Crippen molar-refractivity contribution in [2.75, 3.05) is 0 Å². The second-order valence-corrected chi connectivity index (χ2v) is 8.37. The van der Waals surface area contributed by atoms with Crippen LogP contribution in [0.2, 0.25) is 0 Å². The standard InChI is InChI=1S/C24H21FN2O4/c25-18-5-3-4-14-6-7-15(12-16(14)18)19-9-8-17(21(28)26-19)24(10-1-2-11-24)13-20-22(29)27-23(30)31-20/h3-9,12,20H,1-2,10-11,13H2,(H,26,28)(H,27,29,30). The SMILES string of the molecule is O=C1NC(=O)C(CC2(c3ccc(-c4ccc5cccc(F)c5c4)[nH]c3=O)CCCC2)O1. The molecule has 6 nitrogen and oxygen atoms in total. The van der Waals surface area contributed by atoms with Crippen LogP contribution < -0.4 is 10.9 Å². The number of pyridine rings is 1. The summed E-state index contributed by atoms with van der Waals surface area (Å²) < 4.78 is 19.3. The molecule has 0 spiro atoms. The second-order valence-electron chi connectivity index (χ2n) is 8.37. The summed E-state index contributed by atoms with van der Waals surface area (Å²) in [6, 6.07) is 13.9. The molecule has 1 aromatic heterocycles. The van der Waals surface area contributed by atoms with Gasteiger partial charge in [0, 0.05) is 28.5 Å². The normalized spacial score (nSPS) is 20.1. The number of imide groups is 1. The first-order chi connectivity index (χ1) is 14.9. The number of fused-ring (bicyclic) bond motifs is 1. The van der Waals surface area contributed by atoms with Gasteiger partial charge in [-0.25, -0.2) is 9.18 Å². The minimum Gasteiger partial charge on any atom is -0.436 e. The second kappa shape index (κ2) is 7.34. The number of nitrogens with one attached hydrogen (secondary N) is 2. The molecule has 1 unspecified atom stereocenters. The zero-order valence-electron chi connectivity index (χ0n) is 16.7. The van der Waals surface area contributed by atoms with Gasteiger partial charge in [0.15, 0.2) is 6.10 Å². The van der Waals surface area contributed by atoms with Crippen LogP contribution >= 0.6 is 0 Å². The van der Waals surface area contributed by atoms with Crippen molar-refractivity contribution in [2.24, 2.45) is 0 Å². The summed E-state index contributed by atoms with van der Waals surface area (Å²) in [5.74, 6) is -0.768. The summed E-state index contributed by atoms with van der Waals surface area (Å²) in [6.07, 6.45) is 2.04. The molecule has 0 bridgehead atoms. The van der Waals surface area contributed by atoms with E-state index < -0.39 is 23.5 Å². The number of aromatic nitrogens is 1. The average molecular weight is 420 g/mol. The van der Waals surface area contributed by atoms with Crippen molar-refractivity contribution in [2.45, 2.75) is 43.6 Å². The first-order valence-electron chi connectivity index (χ1n) is 10.4. The number of amides is 2. The van der Waals surface area contributed by atoms with Crippen molar-refractivity contribution in [1.29, 1.82) is 0 Å². The van der Waals surface area contributed by atoms with Gasteiger partial charge in [-0.2, -0.15) is 0 Å². The highest BCUT2D eigenvalue weighted by Gasteiger charge is 2.44. The Morgan fingerprint density at radius 2 is 1.84 bits per heavy atom. The Labute approximate surface area is 177 Å². The summed E-state index contributed by atoms with van der Waals surface area (Å²) in [5, 5.41) is 3.44. The van der Waals surface area contributed by atoms with Gasteiger partial charge in [0.25, 0.3) is 11.5 Å². The molecule has 2 amide bonds. The third-order valence-electron chi connectivity index (χ3n) is 6.52. The first kappa shape index (κ1) is 19.5. The molecule has 31 heavy (non-hydrogen) atoms. The van der Waals surface area contributed by atoms with Gasteiger partial charge in [0.2, 0.25) is 0 Å². The highest BCUT2D eigenvalue weighted by molar-refractivity contribution is 6.00. The molecule has 2 N–H and O–H groups in total.